The summed E-state index contributed by atoms with van der Waals surface area (Å²) in [6, 6.07) is 24.1. The zero-order chi connectivity index (χ0) is 20.2. The minimum atomic E-state index is -0.366. The van der Waals surface area contributed by atoms with Gasteiger partial charge in [-0.25, -0.2) is 8.78 Å². The van der Waals surface area contributed by atoms with E-state index in [1.165, 1.54) is 24.3 Å². The Bertz CT molecular complexity index is 1270. The molecule has 2 nitrogen and oxygen atoms in total. The average molecular weight is 396 g/mol. The number of halogens is 2. The molecule has 30 heavy (non-hydrogen) atoms. The number of fused-ring (bicyclic) bond motifs is 4. The van der Waals surface area contributed by atoms with Crippen LogP contribution in [0.4, 0.5) is 8.78 Å². The van der Waals surface area contributed by atoms with Crippen LogP contribution in [0, 0.1) is 11.6 Å². The zero-order valence-electron chi connectivity index (χ0n) is 15.7. The van der Waals surface area contributed by atoms with Gasteiger partial charge in [0.1, 0.15) is 34.6 Å². The second-order valence-corrected chi connectivity index (χ2v) is 7.23. The molecule has 0 atom stereocenters. The SMILES string of the molecule is Fc1ccc2c(c1)/C(=C1\c3ccccc3Oc3ccc(F)cc31)c1ccccc1O2. The van der Waals surface area contributed by atoms with Crippen LogP contribution < -0.4 is 9.47 Å². The Hall–Kier alpha value is -3.92. The van der Waals surface area contributed by atoms with E-state index in [0.717, 1.165) is 22.3 Å². The molecule has 2 aliphatic rings. The van der Waals surface area contributed by atoms with E-state index in [4.69, 9.17) is 9.47 Å². The van der Waals surface area contributed by atoms with Crippen LogP contribution in [0.25, 0.3) is 11.1 Å². The fourth-order valence-corrected chi connectivity index (χ4v) is 4.16. The Labute approximate surface area is 171 Å². The van der Waals surface area contributed by atoms with Crippen LogP contribution >= 0.6 is 0 Å². The van der Waals surface area contributed by atoms with Crippen molar-refractivity contribution in [3.05, 3.63) is 119 Å². The third kappa shape index (κ3) is 2.47. The van der Waals surface area contributed by atoms with Crippen molar-refractivity contribution < 1.29 is 18.3 Å². The highest BCUT2D eigenvalue weighted by Crippen LogP contribution is 2.53. The van der Waals surface area contributed by atoms with E-state index in [2.05, 4.69) is 0 Å². The van der Waals surface area contributed by atoms with Crippen molar-refractivity contribution in [2.24, 2.45) is 0 Å². The maximum atomic E-state index is 14.3. The number of hydrogen-bond donors (Lipinski definition) is 0. The molecule has 0 aliphatic carbocycles. The van der Waals surface area contributed by atoms with Gasteiger partial charge in [-0.3, -0.25) is 0 Å². The summed E-state index contributed by atoms with van der Waals surface area (Å²) in [5, 5.41) is 0. The summed E-state index contributed by atoms with van der Waals surface area (Å²) in [5.74, 6) is 1.71. The van der Waals surface area contributed by atoms with Crippen LogP contribution in [0.3, 0.4) is 0 Å². The maximum Gasteiger partial charge on any atom is 0.135 e. The summed E-state index contributed by atoms with van der Waals surface area (Å²) < 4.78 is 40.7. The minimum absolute atomic E-state index is 0.366. The topological polar surface area (TPSA) is 18.5 Å². The van der Waals surface area contributed by atoms with Gasteiger partial charge in [0, 0.05) is 33.4 Å². The standard InChI is InChI=1S/C26H14F2O2/c27-15-9-11-23-19(13-15)25(17-5-1-3-7-21(17)29-23)26-18-6-2-4-8-22(18)30-24-12-10-16(28)14-20(24)26/h1-14H/b26-25+. The summed E-state index contributed by atoms with van der Waals surface area (Å²) in [6.45, 7) is 0. The van der Waals surface area contributed by atoms with Crippen LogP contribution in [-0.4, -0.2) is 0 Å². The predicted molar refractivity (Wildman–Crippen MR) is 111 cm³/mol. The Morgan fingerprint density at radius 3 is 1.30 bits per heavy atom. The van der Waals surface area contributed by atoms with Gasteiger partial charge >= 0.3 is 0 Å². The van der Waals surface area contributed by atoms with Crippen molar-refractivity contribution in [1.29, 1.82) is 0 Å². The molecule has 0 amide bonds. The Balaban J connectivity index is 1.80. The van der Waals surface area contributed by atoms with Crippen LogP contribution in [0.2, 0.25) is 0 Å². The van der Waals surface area contributed by atoms with Crippen LogP contribution in [0.5, 0.6) is 23.0 Å². The normalized spacial score (nSPS) is 15.8. The highest BCUT2D eigenvalue weighted by Gasteiger charge is 2.31. The van der Waals surface area contributed by atoms with Gasteiger partial charge in [0.15, 0.2) is 0 Å². The molecule has 4 heteroatoms. The van der Waals surface area contributed by atoms with E-state index >= 15 is 0 Å². The Kier molecular flexibility index (Phi) is 3.56. The molecule has 0 bridgehead atoms. The molecule has 0 spiro atoms. The molecule has 144 valence electrons. The van der Waals surface area contributed by atoms with E-state index in [1.54, 1.807) is 12.1 Å². The molecule has 0 radical (unpaired) electrons. The second-order valence-electron chi connectivity index (χ2n) is 7.23. The van der Waals surface area contributed by atoms with E-state index in [0.29, 0.717) is 34.1 Å². The molecular formula is C26H14F2O2. The summed E-state index contributed by atoms with van der Waals surface area (Å²) in [7, 11) is 0. The lowest BCUT2D eigenvalue weighted by Crippen LogP contribution is -2.09. The van der Waals surface area contributed by atoms with Crippen LogP contribution in [0.1, 0.15) is 22.3 Å². The van der Waals surface area contributed by atoms with Gasteiger partial charge in [0.2, 0.25) is 0 Å². The number of para-hydroxylation sites is 2. The molecule has 0 fully saturated rings. The average Bonchev–Trinajstić information content (AvgIpc) is 2.76. The van der Waals surface area contributed by atoms with Crippen molar-refractivity contribution >= 4 is 11.1 Å². The maximum absolute atomic E-state index is 14.3. The number of benzene rings is 4. The highest BCUT2D eigenvalue weighted by molar-refractivity contribution is 6.09. The largest absolute Gasteiger partial charge is 0.456 e. The monoisotopic (exact) mass is 396 g/mol. The van der Waals surface area contributed by atoms with Crippen molar-refractivity contribution in [3.8, 4) is 23.0 Å². The molecule has 0 saturated carbocycles. The van der Waals surface area contributed by atoms with E-state index in [-0.39, 0.29) is 11.6 Å². The Morgan fingerprint density at radius 1 is 0.433 bits per heavy atom. The molecule has 4 aromatic carbocycles. The van der Waals surface area contributed by atoms with Gasteiger partial charge in [0.25, 0.3) is 0 Å². The van der Waals surface area contributed by atoms with Gasteiger partial charge in [0.05, 0.1) is 0 Å². The minimum Gasteiger partial charge on any atom is -0.456 e. The van der Waals surface area contributed by atoms with Crippen molar-refractivity contribution in [2.45, 2.75) is 0 Å². The van der Waals surface area contributed by atoms with Crippen LogP contribution in [0.15, 0.2) is 84.9 Å². The lowest BCUT2D eigenvalue weighted by molar-refractivity contribution is 0.469. The van der Waals surface area contributed by atoms with Crippen molar-refractivity contribution in [2.75, 3.05) is 0 Å². The third-order valence-electron chi connectivity index (χ3n) is 5.42. The third-order valence-corrected chi connectivity index (χ3v) is 5.42. The molecule has 2 aliphatic heterocycles. The highest BCUT2D eigenvalue weighted by atomic mass is 19.1. The van der Waals surface area contributed by atoms with Gasteiger partial charge in [-0.2, -0.15) is 0 Å². The Morgan fingerprint density at radius 2 is 0.833 bits per heavy atom. The van der Waals surface area contributed by atoms with Gasteiger partial charge in [-0.1, -0.05) is 36.4 Å². The molecule has 4 aromatic rings. The fraction of sp³-hybridized carbons (Fsp3) is 0. The number of ether oxygens (including phenoxy) is 2. The van der Waals surface area contributed by atoms with Crippen LogP contribution in [-0.2, 0) is 0 Å². The summed E-state index contributed by atoms with van der Waals surface area (Å²) in [6.07, 6.45) is 0. The van der Waals surface area contributed by atoms with Gasteiger partial charge in [-0.05, 0) is 48.5 Å². The van der Waals surface area contributed by atoms with Crippen molar-refractivity contribution in [3.63, 3.8) is 0 Å². The van der Waals surface area contributed by atoms with E-state index < -0.39 is 0 Å². The zero-order valence-corrected chi connectivity index (χ0v) is 15.7. The fourth-order valence-electron chi connectivity index (χ4n) is 4.16. The molecule has 0 saturated heterocycles. The molecule has 6 rings (SSSR count). The number of hydrogen-bond acceptors (Lipinski definition) is 2. The summed E-state index contributed by atoms with van der Waals surface area (Å²) in [4.78, 5) is 0. The molecule has 0 aromatic heterocycles. The summed E-state index contributed by atoms with van der Waals surface area (Å²) >= 11 is 0. The molecule has 0 N–H and O–H groups in total. The first kappa shape index (κ1) is 17.0. The lowest BCUT2D eigenvalue weighted by atomic mass is 9.82. The molecule has 0 unspecified atom stereocenters. The lowest BCUT2D eigenvalue weighted by Gasteiger charge is -2.29. The van der Waals surface area contributed by atoms with E-state index in [9.17, 15) is 8.78 Å². The molecular weight excluding hydrogens is 382 g/mol. The van der Waals surface area contributed by atoms with Gasteiger partial charge in [-0.15, -0.1) is 0 Å². The quantitative estimate of drug-likeness (QED) is 0.271. The van der Waals surface area contributed by atoms with E-state index in [1.807, 2.05) is 48.5 Å². The first-order valence-corrected chi connectivity index (χ1v) is 9.58. The van der Waals surface area contributed by atoms with Crippen molar-refractivity contribution in [1.82, 2.24) is 0 Å². The first-order valence-electron chi connectivity index (χ1n) is 9.58. The summed E-state index contributed by atoms with van der Waals surface area (Å²) in [5.41, 5.74) is 4.45. The molecule has 2 heterocycles. The van der Waals surface area contributed by atoms with Gasteiger partial charge < -0.3 is 9.47 Å². The number of rotatable bonds is 0. The smallest absolute Gasteiger partial charge is 0.135 e. The second kappa shape index (κ2) is 6.29. The first-order chi connectivity index (χ1) is 14.7. The predicted octanol–water partition coefficient (Wildman–Crippen LogP) is 7.18.